The molecule has 74 valence electrons. The molecule has 0 rings (SSSR count). The Morgan fingerprint density at radius 3 is 2.00 bits per heavy atom. The quantitative estimate of drug-likeness (QED) is 0.411. The van der Waals surface area contributed by atoms with Crippen LogP contribution in [0.4, 0.5) is 0 Å². The Bertz CT molecular complexity index is 117. The van der Waals surface area contributed by atoms with Crippen LogP contribution in [0.2, 0.25) is 6.04 Å². The summed E-state index contributed by atoms with van der Waals surface area (Å²) < 4.78 is 16.0. The van der Waals surface area contributed by atoms with Crippen LogP contribution in [0.5, 0.6) is 0 Å². The van der Waals surface area contributed by atoms with Gasteiger partial charge in [-0.3, -0.25) is 0 Å². The van der Waals surface area contributed by atoms with E-state index in [1.165, 1.54) is 0 Å². The zero-order valence-corrected chi connectivity index (χ0v) is 10.1. The molecule has 0 aromatic heterocycles. The van der Waals surface area contributed by atoms with Gasteiger partial charge in [0.05, 0.1) is 5.94 Å². The summed E-state index contributed by atoms with van der Waals surface area (Å²) in [6.45, 7) is 4.23. The van der Waals surface area contributed by atoms with Gasteiger partial charge in [0.15, 0.2) is 0 Å². The zero-order valence-electron chi connectivity index (χ0n) is 8.16. The van der Waals surface area contributed by atoms with Crippen molar-refractivity contribution in [2.24, 2.45) is 5.92 Å². The summed E-state index contributed by atoms with van der Waals surface area (Å²) in [7, 11) is 0.870. The van der Waals surface area contributed by atoms with Crippen molar-refractivity contribution in [3.05, 3.63) is 0 Å². The molecule has 0 fully saturated rings. The van der Waals surface area contributed by atoms with E-state index in [1.807, 2.05) is 0 Å². The van der Waals surface area contributed by atoms with Crippen LogP contribution in [-0.4, -0.2) is 29.0 Å². The molecule has 0 spiro atoms. The monoisotopic (exact) mass is 210 g/mol. The van der Waals surface area contributed by atoms with Gasteiger partial charge in [-0.05, 0) is 5.92 Å². The fourth-order valence-corrected chi connectivity index (χ4v) is 3.67. The van der Waals surface area contributed by atoms with E-state index in [0.29, 0.717) is 11.9 Å². The molecule has 0 aromatic carbocycles. The highest BCUT2D eigenvalue weighted by atomic mass is 32.1. The van der Waals surface area contributed by atoms with E-state index >= 15 is 0 Å². The minimum atomic E-state index is -2.38. The molecule has 3 nitrogen and oxygen atoms in total. The van der Waals surface area contributed by atoms with Crippen molar-refractivity contribution >= 4 is 21.4 Å². The zero-order chi connectivity index (χ0) is 9.61. The smallest absolute Gasteiger partial charge is 0.377 e. The molecule has 0 aliphatic heterocycles. The lowest BCUT2D eigenvalue weighted by molar-refractivity contribution is 0.114. The van der Waals surface area contributed by atoms with E-state index < -0.39 is 8.80 Å². The van der Waals surface area contributed by atoms with Crippen LogP contribution in [0.3, 0.4) is 0 Å². The molecule has 0 atom stereocenters. The molecule has 0 unspecified atom stereocenters. The van der Waals surface area contributed by atoms with Crippen LogP contribution < -0.4 is 0 Å². The molecule has 0 N–H and O–H groups in total. The third-order valence-corrected chi connectivity index (χ3v) is 5.08. The second-order valence-corrected chi connectivity index (χ2v) is 6.10. The summed E-state index contributed by atoms with van der Waals surface area (Å²) in [5, 5.41) is 0. The summed E-state index contributed by atoms with van der Waals surface area (Å²) in [6, 6.07) is 0.834. The van der Waals surface area contributed by atoms with E-state index in [4.69, 9.17) is 13.3 Å². The van der Waals surface area contributed by atoms with Gasteiger partial charge in [0, 0.05) is 20.3 Å². The molecule has 0 amide bonds. The number of hydrogen-bond acceptors (Lipinski definition) is 4. The maximum Gasteiger partial charge on any atom is 0.501 e. The number of hydrogen-bond donors (Lipinski definition) is 1. The van der Waals surface area contributed by atoms with Crippen molar-refractivity contribution in [3.8, 4) is 0 Å². The summed E-state index contributed by atoms with van der Waals surface area (Å²) in [5.74, 6) is 0.858. The lowest BCUT2D eigenvalue weighted by Crippen LogP contribution is -2.44. The van der Waals surface area contributed by atoms with Crippen molar-refractivity contribution in [2.75, 3.05) is 20.2 Å². The van der Waals surface area contributed by atoms with Crippen molar-refractivity contribution in [3.63, 3.8) is 0 Å². The van der Waals surface area contributed by atoms with Crippen LogP contribution in [-0.2, 0) is 13.3 Å². The Hall–Kier alpha value is 0.447. The Morgan fingerprint density at radius 1 is 1.25 bits per heavy atom. The van der Waals surface area contributed by atoms with E-state index in [1.54, 1.807) is 14.2 Å². The van der Waals surface area contributed by atoms with Gasteiger partial charge < -0.3 is 13.3 Å². The summed E-state index contributed by atoms with van der Waals surface area (Å²) in [6.07, 6.45) is 0. The Labute approximate surface area is 81.2 Å². The van der Waals surface area contributed by atoms with Crippen LogP contribution in [0.15, 0.2) is 0 Å². The van der Waals surface area contributed by atoms with Crippen molar-refractivity contribution < 1.29 is 13.3 Å². The lowest BCUT2D eigenvalue weighted by atomic mass is 10.3. The van der Waals surface area contributed by atoms with E-state index in [9.17, 15) is 0 Å². The average molecular weight is 210 g/mol. The first kappa shape index (κ1) is 12.4. The van der Waals surface area contributed by atoms with Gasteiger partial charge in [0.2, 0.25) is 0 Å². The predicted molar refractivity (Wildman–Crippen MR) is 54.4 cm³/mol. The van der Waals surface area contributed by atoms with Gasteiger partial charge in [-0.2, -0.15) is 12.6 Å². The number of thiol groups is 1. The first-order chi connectivity index (χ1) is 5.60. The van der Waals surface area contributed by atoms with Gasteiger partial charge in [-0.25, -0.2) is 0 Å². The van der Waals surface area contributed by atoms with Crippen LogP contribution >= 0.6 is 12.6 Å². The second kappa shape index (κ2) is 5.99. The minimum Gasteiger partial charge on any atom is -0.377 e. The molecule has 0 aromatic rings. The molecule has 12 heavy (non-hydrogen) atoms. The normalized spacial score (nSPS) is 12.5. The van der Waals surface area contributed by atoms with Gasteiger partial charge in [-0.15, -0.1) is 0 Å². The van der Waals surface area contributed by atoms with Crippen molar-refractivity contribution in [1.29, 1.82) is 0 Å². The lowest BCUT2D eigenvalue weighted by Gasteiger charge is -2.26. The first-order valence-corrected chi connectivity index (χ1v) is 6.51. The molecule has 0 aliphatic carbocycles. The molecule has 5 heteroatoms. The molecule has 0 radical (unpaired) electrons. The standard InChI is InChI=1S/C7H18O3SSi/c1-7(2)5-12(8-3,9-4)10-6-11/h7,11H,5-6H2,1-4H3. The Morgan fingerprint density at radius 2 is 1.75 bits per heavy atom. The second-order valence-electron chi connectivity index (χ2n) is 2.96. The van der Waals surface area contributed by atoms with Gasteiger partial charge in [0.1, 0.15) is 0 Å². The third-order valence-electron chi connectivity index (χ3n) is 1.56. The fraction of sp³-hybridized carbons (Fsp3) is 1.00. The Kier molecular flexibility index (Phi) is 6.21. The summed E-state index contributed by atoms with van der Waals surface area (Å²) >= 11 is 4.00. The molecule has 0 saturated carbocycles. The SMILES string of the molecule is CO[Si](CC(C)C)(OC)OCS. The molecule has 0 heterocycles. The Balaban J connectivity index is 4.13. The summed E-state index contributed by atoms with van der Waals surface area (Å²) in [5.41, 5.74) is 0. The van der Waals surface area contributed by atoms with Crippen molar-refractivity contribution in [2.45, 2.75) is 19.9 Å². The molecule has 0 bridgehead atoms. The summed E-state index contributed by atoms with van der Waals surface area (Å²) in [4.78, 5) is 0. The molecule has 0 aliphatic rings. The van der Waals surface area contributed by atoms with Gasteiger partial charge in [-0.1, -0.05) is 13.8 Å². The van der Waals surface area contributed by atoms with Gasteiger partial charge >= 0.3 is 8.80 Å². The first-order valence-electron chi connectivity index (χ1n) is 3.95. The largest absolute Gasteiger partial charge is 0.501 e. The van der Waals surface area contributed by atoms with Gasteiger partial charge in [0.25, 0.3) is 0 Å². The van der Waals surface area contributed by atoms with E-state index in [2.05, 4.69) is 26.5 Å². The molecule has 0 saturated heterocycles. The van der Waals surface area contributed by atoms with E-state index in [0.717, 1.165) is 6.04 Å². The number of rotatable bonds is 6. The van der Waals surface area contributed by atoms with Crippen LogP contribution in [0, 0.1) is 5.92 Å². The third kappa shape index (κ3) is 3.91. The predicted octanol–water partition coefficient (Wildman–Crippen LogP) is 1.78. The average Bonchev–Trinajstić information content (AvgIpc) is 2.03. The highest BCUT2D eigenvalue weighted by Gasteiger charge is 2.39. The topological polar surface area (TPSA) is 27.7 Å². The van der Waals surface area contributed by atoms with Crippen molar-refractivity contribution in [1.82, 2.24) is 0 Å². The van der Waals surface area contributed by atoms with Crippen LogP contribution in [0.1, 0.15) is 13.8 Å². The van der Waals surface area contributed by atoms with Crippen LogP contribution in [0.25, 0.3) is 0 Å². The minimum absolute atomic E-state index is 0.348. The highest BCUT2D eigenvalue weighted by Crippen LogP contribution is 2.19. The maximum absolute atomic E-state index is 5.40. The van der Waals surface area contributed by atoms with E-state index in [-0.39, 0.29) is 0 Å². The molecular weight excluding hydrogens is 192 g/mol. The highest BCUT2D eigenvalue weighted by molar-refractivity contribution is 7.80. The maximum atomic E-state index is 5.40. The molecular formula is C7H18O3SSi. The fourth-order valence-electron chi connectivity index (χ4n) is 1.03.